The van der Waals surface area contributed by atoms with E-state index in [0.717, 1.165) is 12.8 Å². The van der Waals surface area contributed by atoms with Crippen molar-refractivity contribution in [1.29, 1.82) is 0 Å². The van der Waals surface area contributed by atoms with Gasteiger partial charge in [-0.25, -0.2) is 0 Å². The number of benzene rings is 1. The topological polar surface area (TPSA) is 37.3 Å². The summed E-state index contributed by atoms with van der Waals surface area (Å²) in [6, 6.07) is 6.48. The zero-order valence-corrected chi connectivity index (χ0v) is 14.6. The van der Waals surface area contributed by atoms with Crippen molar-refractivity contribution in [1.82, 2.24) is 0 Å². The van der Waals surface area contributed by atoms with Gasteiger partial charge in [-0.15, -0.1) is 0 Å². The van der Waals surface area contributed by atoms with E-state index in [0.29, 0.717) is 5.56 Å². The van der Waals surface area contributed by atoms with Gasteiger partial charge < -0.3 is 5.11 Å². The largest absolute Gasteiger partial charge is 0.508 e. The van der Waals surface area contributed by atoms with Crippen molar-refractivity contribution in [3.8, 4) is 5.75 Å². The molecule has 0 aliphatic rings. The molecule has 0 amide bonds. The minimum absolute atomic E-state index is 0.109. The molecule has 0 aliphatic heterocycles. The molecule has 1 aromatic carbocycles. The number of unbranched alkanes of at least 4 members (excludes halogenated alkanes) is 7. The maximum atomic E-state index is 12.2. The van der Waals surface area contributed by atoms with Crippen LogP contribution >= 0.6 is 15.9 Å². The molecule has 1 atom stereocenters. The molecule has 0 spiro atoms. The van der Waals surface area contributed by atoms with Crippen LogP contribution in [-0.4, -0.2) is 15.7 Å². The first-order valence-corrected chi connectivity index (χ1v) is 9.04. The number of rotatable bonds is 11. The number of hydrogen-bond acceptors (Lipinski definition) is 2. The van der Waals surface area contributed by atoms with Gasteiger partial charge in [0.1, 0.15) is 5.75 Å². The molecule has 0 saturated carbocycles. The second-order valence-corrected chi connectivity index (χ2v) is 6.75. The summed E-state index contributed by atoms with van der Waals surface area (Å²) in [6.45, 7) is 2.24. The Morgan fingerprint density at radius 2 is 1.52 bits per heavy atom. The molecule has 0 fully saturated rings. The number of phenolic OH excluding ortho intramolecular Hbond substituents is 1. The summed E-state index contributed by atoms with van der Waals surface area (Å²) in [5.41, 5.74) is 0.661. The molecule has 2 nitrogen and oxygen atoms in total. The first-order chi connectivity index (χ1) is 10.1. The normalized spacial score (nSPS) is 12.3. The Morgan fingerprint density at radius 1 is 1.00 bits per heavy atom. The number of carbonyl (C=O) groups is 1. The first kappa shape index (κ1) is 18.2. The molecule has 0 aromatic heterocycles. The van der Waals surface area contributed by atoms with Crippen LogP contribution in [0.15, 0.2) is 24.3 Å². The Kier molecular flexibility index (Phi) is 9.40. The van der Waals surface area contributed by atoms with E-state index in [1.807, 2.05) is 0 Å². The highest BCUT2D eigenvalue weighted by Crippen LogP contribution is 2.19. The highest BCUT2D eigenvalue weighted by atomic mass is 79.9. The van der Waals surface area contributed by atoms with Gasteiger partial charge in [0.2, 0.25) is 0 Å². The lowest BCUT2D eigenvalue weighted by atomic mass is 10.0. The predicted octanol–water partition coefficient (Wildman–Crippen LogP) is 5.87. The van der Waals surface area contributed by atoms with Crippen LogP contribution in [0.5, 0.6) is 5.75 Å². The van der Waals surface area contributed by atoms with Crippen LogP contribution < -0.4 is 0 Å². The van der Waals surface area contributed by atoms with E-state index < -0.39 is 0 Å². The maximum Gasteiger partial charge on any atom is 0.176 e. The summed E-state index contributed by atoms with van der Waals surface area (Å²) in [5, 5.41) is 9.23. The quantitative estimate of drug-likeness (QED) is 0.306. The standard InChI is InChI=1S/C18H27BrO2/c1-2-3-4-5-6-7-8-9-10-17(19)18(21)15-11-13-16(20)14-12-15/h11-14,17,20H,2-10H2,1H3. The van der Waals surface area contributed by atoms with E-state index in [1.54, 1.807) is 24.3 Å². The number of Topliss-reactive ketones (excluding diaryl/α,β-unsaturated/α-hetero) is 1. The van der Waals surface area contributed by atoms with E-state index in [4.69, 9.17) is 0 Å². The lowest BCUT2D eigenvalue weighted by molar-refractivity contribution is 0.0988. The summed E-state index contributed by atoms with van der Waals surface area (Å²) < 4.78 is 0. The molecule has 0 aliphatic carbocycles. The monoisotopic (exact) mass is 354 g/mol. The highest BCUT2D eigenvalue weighted by Gasteiger charge is 2.16. The molecule has 21 heavy (non-hydrogen) atoms. The Labute approximate surface area is 137 Å². The molecule has 1 N–H and O–H groups in total. The van der Waals surface area contributed by atoms with Crippen molar-refractivity contribution in [2.45, 2.75) is 69.5 Å². The van der Waals surface area contributed by atoms with Crippen LogP contribution in [0.25, 0.3) is 0 Å². The number of aromatic hydroxyl groups is 1. The number of halogens is 1. The third kappa shape index (κ3) is 7.66. The van der Waals surface area contributed by atoms with Crippen LogP contribution in [0, 0.1) is 0 Å². The minimum atomic E-state index is -0.109. The molecule has 0 saturated heterocycles. The number of alkyl halides is 1. The Bertz CT molecular complexity index is 400. The van der Waals surface area contributed by atoms with E-state index in [9.17, 15) is 9.90 Å². The third-order valence-corrected chi connectivity index (χ3v) is 4.62. The van der Waals surface area contributed by atoms with Gasteiger partial charge in [0.25, 0.3) is 0 Å². The average Bonchev–Trinajstić information content (AvgIpc) is 2.49. The van der Waals surface area contributed by atoms with Crippen molar-refractivity contribution >= 4 is 21.7 Å². The molecule has 1 unspecified atom stereocenters. The summed E-state index contributed by atoms with van der Waals surface area (Å²) in [6.07, 6.45) is 11.1. The second-order valence-electron chi connectivity index (χ2n) is 5.64. The zero-order chi connectivity index (χ0) is 15.5. The van der Waals surface area contributed by atoms with Crippen molar-refractivity contribution in [3.63, 3.8) is 0 Å². The third-order valence-electron chi connectivity index (χ3n) is 3.75. The lowest BCUT2D eigenvalue weighted by Gasteiger charge is -2.09. The number of ketones is 1. The average molecular weight is 355 g/mol. The van der Waals surface area contributed by atoms with Crippen molar-refractivity contribution < 1.29 is 9.90 Å². The van der Waals surface area contributed by atoms with E-state index in [1.165, 1.54) is 44.9 Å². The minimum Gasteiger partial charge on any atom is -0.508 e. The second kappa shape index (κ2) is 10.8. The van der Waals surface area contributed by atoms with Gasteiger partial charge in [-0.1, -0.05) is 74.2 Å². The zero-order valence-electron chi connectivity index (χ0n) is 13.0. The molecule has 0 heterocycles. The molecule has 0 bridgehead atoms. The van der Waals surface area contributed by atoms with Gasteiger partial charge in [-0.05, 0) is 30.7 Å². The summed E-state index contributed by atoms with van der Waals surface area (Å²) in [4.78, 5) is 12.1. The summed E-state index contributed by atoms with van der Waals surface area (Å²) in [7, 11) is 0. The van der Waals surface area contributed by atoms with Crippen LogP contribution in [0.4, 0.5) is 0 Å². The highest BCUT2D eigenvalue weighted by molar-refractivity contribution is 9.10. The molecule has 1 aromatic rings. The lowest BCUT2D eigenvalue weighted by Crippen LogP contribution is -2.13. The van der Waals surface area contributed by atoms with Crippen LogP contribution in [0.2, 0.25) is 0 Å². The molecule has 1 rings (SSSR count). The molecule has 118 valence electrons. The number of hydrogen-bond donors (Lipinski definition) is 1. The molecular weight excluding hydrogens is 328 g/mol. The molecular formula is C18H27BrO2. The Morgan fingerprint density at radius 3 is 2.10 bits per heavy atom. The van der Waals surface area contributed by atoms with Gasteiger partial charge >= 0.3 is 0 Å². The van der Waals surface area contributed by atoms with E-state index >= 15 is 0 Å². The Hall–Kier alpha value is -0.830. The van der Waals surface area contributed by atoms with E-state index in [2.05, 4.69) is 22.9 Å². The smallest absolute Gasteiger partial charge is 0.176 e. The molecule has 0 radical (unpaired) electrons. The summed E-state index contributed by atoms with van der Waals surface area (Å²) >= 11 is 3.49. The van der Waals surface area contributed by atoms with Crippen molar-refractivity contribution in [2.75, 3.05) is 0 Å². The van der Waals surface area contributed by atoms with Crippen LogP contribution in [0.1, 0.15) is 75.1 Å². The fraction of sp³-hybridized carbons (Fsp3) is 0.611. The van der Waals surface area contributed by atoms with Gasteiger partial charge in [0.15, 0.2) is 5.78 Å². The van der Waals surface area contributed by atoms with Gasteiger partial charge in [0, 0.05) is 5.56 Å². The molecule has 3 heteroatoms. The van der Waals surface area contributed by atoms with Gasteiger partial charge in [-0.3, -0.25) is 4.79 Å². The van der Waals surface area contributed by atoms with Gasteiger partial charge in [0.05, 0.1) is 4.83 Å². The predicted molar refractivity (Wildman–Crippen MR) is 92.4 cm³/mol. The van der Waals surface area contributed by atoms with Gasteiger partial charge in [-0.2, -0.15) is 0 Å². The van der Waals surface area contributed by atoms with E-state index in [-0.39, 0.29) is 16.4 Å². The summed E-state index contributed by atoms with van der Waals surface area (Å²) in [5.74, 6) is 0.304. The fourth-order valence-electron chi connectivity index (χ4n) is 2.40. The maximum absolute atomic E-state index is 12.2. The number of phenols is 1. The van der Waals surface area contributed by atoms with Crippen LogP contribution in [-0.2, 0) is 0 Å². The fourth-order valence-corrected chi connectivity index (χ4v) is 2.98. The van der Waals surface area contributed by atoms with Crippen molar-refractivity contribution in [3.05, 3.63) is 29.8 Å². The first-order valence-electron chi connectivity index (χ1n) is 8.12. The SMILES string of the molecule is CCCCCCCCCCC(Br)C(=O)c1ccc(O)cc1. The Balaban J connectivity index is 2.14. The van der Waals surface area contributed by atoms with Crippen LogP contribution in [0.3, 0.4) is 0 Å². The number of carbonyl (C=O) groups excluding carboxylic acids is 1. The van der Waals surface area contributed by atoms with Crippen molar-refractivity contribution in [2.24, 2.45) is 0 Å².